The van der Waals surface area contributed by atoms with Gasteiger partial charge in [0.15, 0.2) is 0 Å². The first kappa shape index (κ1) is 12.0. The zero-order valence-corrected chi connectivity index (χ0v) is 10.0. The van der Waals surface area contributed by atoms with Crippen molar-refractivity contribution in [1.29, 1.82) is 0 Å². The number of nitro groups is 1. The van der Waals surface area contributed by atoms with Crippen LogP contribution in [0.25, 0.3) is 0 Å². The molecule has 4 nitrogen and oxygen atoms in total. The van der Waals surface area contributed by atoms with Crippen molar-refractivity contribution in [1.82, 2.24) is 0 Å². The molecule has 0 aromatic heterocycles. The van der Waals surface area contributed by atoms with Crippen molar-refractivity contribution in [3.63, 3.8) is 0 Å². The fourth-order valence-electron chi connectivity index (χ4n) is 2.47. The second-order valence-electron chi connectivity index (χ2n) is 4.77. The molecule has 2 rings (SSSR count). The maximum atomic E-state index is 10.7. The molecule has 0 saturated carbocycles. The van der Waals surface area contributed by atoms with E-state index in [0.29, 0.717) is 0 Å². The van der Waals surface area contributed by atoms with Gasteiger partial charge in [0.25, 0.3) is 5.69 Å². The van der Waals surface area contributed by atoms with Crippen LogP contribution in [0.3, 0.4) is 0 Å². The highest BCUT2D eigenvalue weighted by Crippen LogP contribution is 2.12. The molecule has 0 radical (unpaired) electrons. The molecular weight excluding hydrogens is 216 g/mol. The first-order chi connectivity index (χ1) is 8.25. The first-order valence-corrected chi connectivity index (χ1v) is 6.32. The van der Waals surface area contributed by atoms with Gasteiger partial charge in [-0.3, -0.25) is 10.1 Å². The van der Waals surface area contributed by atoms with Gasteiger partial charge in [0.05, 0.1) is 18.0 Å². The number of likely N-dealkylation sites (tertiary alicyclic amines) is 1. The Morgan fingerprint density at radius 2 is 1.88 bits per heavy atom. The quantitative estimate of drug-likeness (QED) is 0.638. The third-order valence-electron chi connectivity index (χ3n) is 3.39. The van der Waals surface area contributed by atoms with Crippen molar-refractivity contribution in [2.24, 2.45) is 0 Å². The number of quaternary nitrogens is 1. The first-order valence-electron chi connectivity index (χ1n) is 6.32. The van der Waals surface area contributed by atoms with E-state index in [1.807, 2.05) is 6.07 Å². The maximum absolute atomic E-state index is 10.7. The molecule has 1 aliphatic heterocycles. The SMILES string of the molecule is O=[N+]([O-])c1cccc(C[NH+]2CCCCCC2)c1. The fourth-order valence-corrected chi connectivity index (χ4v) is 2.47. The van der Waals surface area contributed by atoms with E-state index < -0.39 is 0 Å². The van der Waals surface area contributed by atoms with Gasteiger partial charge < -0.3 is 4.90 Å². The predicted octanol–water partition coefficient (Wildman–Crippen LogP) is 1.55. The fraction of sp³-hybridized carbons (Fsp3) is 0.538. The van der Waals surface area contributed by atoms with Crippen LogP contribution in [0.2, 0.25) is 0 Å². The van der Waals surface area contributed by atoms with Crippen molar-refractivity contribution in [2.75, 3.05) is 13.1 Å². The molecular formula is C13H19N2O2+. The zero-order valence-electron chi connectivity index (χ0n) is 10.0. The number of nitrogens with zero attached hydrogens (tertiary/aromatic N) is 1. The number of hydrogen-bond acceptors (Lipinski definition) is 2. The second kappa shape index (κ2) is 5.77. The third kappa shape index (κ3) is 3.53. The van der Waals surface area contributed by atoms with Crippen LogP contribution < -0.4 is 4.90 Å². The molecule has 1 aromatic carbocycles. The van der Waals surface area contributed by atoms with Crippen LogP contribution in [-0.4, -0.2) is 18.0 Å². The molecule has 0 bridgehead atoms. The molecule has 1 fully saturated rings. The predicted molar refractivity (Wildman–Crippen MR) is 66.0 cm³/mol. The minimum Gasteiger partial charge on any atom is -0.331 e. The van der Waals surface area contributed by atoms with Crippen LogP contribution in [0.4, 0.5) is 5.69 Å². The van der Waals surface area contributed by atoms with E-state index in [-0.39, 0.29) is 10.6 Å². The topological polar surface area (TPSA) is 47.6 Å². The maximum Gasteiger partial charge on any atom is 0.269 e. The van der Waals surface area contributed by atoms with E-state index >= 15 is 0 Å². The molecule has 1 aromatic rings. The Hall–Kier alpha value is -1.42. The lowest BCUT2D eigenvalue weighted by atomic mass is 10.2. The second-order valence-corrected chi connectivity index (χ2v) is 4.77. The van der Waals surface area contributed by atoms with Gasteiger partial charge >= 0.3 is 0 Å². The highest BCUT2D eigenvalue weighted by Gasteiger charge is 2.14. The van der Waals surface area contributed by atoms with E-state index in [0.717, 1.165) is 12.1 Å². The Morgan fingerprint density at radius 1 is 1.18 bits per heavy atom. The number of nitrogens with one attached hydrogen (secondary N) is 1. The summed E-state index contributed by atoms with van der Waals surface area (Å²) < 4.78 is 0. The zero-order chi connectivity index (χ0) is 12.1. The molecule has 1 heterocycles. The largest absolute Gasteiger partial charge is 0.331 e. The van der Waals surface area contributed by atoms with Crippen LogP contribution in [0, 0.1) is 10.1 Å². The lowest BCUT2D eigenvalue weighted by Crippen LogP contribution is -3.10. The van der Waals surface area contributed by atoms with Crippen LogP contribution >= 0.6 is 0 Å². The van der Waals surface area contributed by atoms with Crippen LogP contribution in [0.1, 0.15) is 31.2 Å². The minimum atomic E-state index is -0.318. The summed E-state index contributed by atoms with van der Waals surface area (Å²) >= 11 is 0. The van der Waals surface area contributed by atoms with Crippen molar-refractivity contribution < 1.29 is 9.82 Å². The highest BCUT2D eigenvalue weighted by molar-refractivity contribution is 5.33. The van der Waals surface area contributed by atoms with Crippen molar-refractivity contribution >= 4 is 5.69 Å². The Balaban J connectivity index is 2.01. The highest BCUT2D eigenvalue weighted by atomic mass is 16.6. The molecule has 17 heavy (non-hydrogen) atoms. The van der Waals surface area contributed by atoms with Gasteiger partial charge in [-0.25, -0.2) is 0 Å². The Morgan fingerprint density at radius 3 is 2.53 bits per heavy atom. The summed E-state index contributed by atoms with van der Waals surface area (Å²) in [5.74, 6) is 0. The third-order valence-corrected chi connectivity index (χ3v) is 3.39. The van der Waals surface area contributed by atoms with E-state index in [1.165, 1.54) is 38.8 Å². The average molecular weight is 235 g/mol. The summed E-state index contributed by atoms with van der Waals surface area (Å²) in [6.45, 7) is 3.31. The summed E-state index contributed by atoms with van der Waals surface area (Å²) in [6, 6.07) is 7.04. The molecule has 1 N–H and O–H groups in total. The molecule has 1 aliphatic rings. The van der Waals surface area contributed by atoms with Gasteiger partial charge in [-0.1, -0.05) is 12.1 Å². The van der Waals surface area contributed by atoms with Crippen molar-refractivity contribution in [3.8, 4) is 0 Å². The van der Waals surface area contributed by atoms with E-state index in [9.17, 15) is 10.1 Å². The molecule has 0 atom stereocenters. The van der Waals surface area contributed by atoms with Crippen molar-refractivity contribution in [3.05, 3.63) is 39.9 Å². The van der Waals surface area contributed by atoms with Crippen LogP contribution in [0.5, 0.6) is 0 Å². The summed E-state index contributed by atoms with van der Waals surface area (Å²) in [7, 11) is 0. The lowest BCUT2D eigenvalue weighted by molar-refractivity contribution is -0.913. The molecule has 4 heteroatoms. The average Bonchev–Trinajstić information content (AvgIpc) is 2.58. The number of rotatable bonds is 3. The molecule has 0 amide bonds. The molecule has 92 valence electrons. The Kier molecular flexibility index (Phi) is 4.09. The van der Waals surface area contributed by atoms with Gasteiger partial charge in [0, 0.05) is 17.7 Å². The summed E-state index contributed by atoms with van der Waals surface area (Å²) in [6.07, 6.45) is 5.23. The molecule has 0 unspecified atom stereocenters. The van der Waals surface area contributed by atoms with E-state index in [1.54, 1.807) is 23.1 Å². The summed E-state index contributed by atoms with van der Waals surface area (Å²) in [4.78, 5) is 11.9. The standard InChI is InChI=1S/C13H18N2O2/c16-15(17)13-7-5-6-12(10-13)11-14-8-3-1-2-4-9-14/h5-7,10H,1-4,8-9,11H2/p+1. The van der Waals surface area contributed by atoms with Gasteiger partial charge in [-0.05, 0) is 25.7 Å². The number of benzene rings is 1. The van der Waals surface area contributed by atoms with Crippen LogP contribution in [-0.2, 0) is 6.54 Å². The Labute approximate surface area is 101 Å². The van der Waals surface area contributed by atoms with E-state index in [2.05, 4.69) is 0 Å². The monoisotopic (exact) mass is 235 g/mol. The number of hydrogen-bond donors (Lipinski definition) is 1. The summed E-state index contributed by atoms with van der Waals surface area (Å²) in [5.41, 5.74) is 1.29. The van der Waals surface area contributed by atoms with Gasteiger partial charge in [0.1, 0.15) is 6.54 Å². The van der Waals surface area contributed by atoms with E-state index in [4.69, 9.17) is 0 Å². The molecule has 0 spiro atoms. The summed E-state index contributed by atoms with van der Waals surface area (Å²) in [5, 5.41) is 10.7. The Bertz CT molecular complexity index is 385. The smallest absolute Gasteiger partial charge is 0.269 e. The van der Waals surface area contributed by atoms with Gasteiger partial charge in [0.2, 0.25) is 0 Å². The molecule has 0 aliphatic carbocycles. The van der Waals surface area contributed by atoms with Gasteiger partial charge in [-0.15, -0.1) is 0 Å². The van der Waals surface area contributed by atoms with Crippen molar-refractivity contribution in [2.45, 2.75) is 32.2 Å². The number of nitro benzene ring substituents is 1. The lowest BCUT2D eigenvalue weighted by Gasteiger charge is -2.16. The normalized spacial score (nSPS) is 17.6. The van der Waals surface area contributed by atoms with Gasteiger partial charge in [-0.2, -0.15) is 0 Å². The minimum absolute atomic E-state index is 0.205. The number of non-ortho nitro benzene ring substituents is 1. The van der Waals surface area contributed by atoms with Crippen LogP contribution in [0.15, 0.2) is 24.3 Å². The molecule has 1 saturated heterocycles.